The monoisotopic (exact) mass is 564 g/mol. The maximum absolute atomic E-state index is 12.7. The van der Waals surface area contributed by atoms with Crippen LogP contribution in [0.25, 0.3) is 15.9 Å². The van der Waals surface area contributed by atoms with E-state index in [9.17, 15) is 4.79 Å². The Kier molecular flexibility index (Phi) is 7.12. The minimum Gasteiger partial charge on any atom is -0.378 e. The zero-order valence-electron chi connectivity index (χ0n) is 18.7. The van der Waals surface area contributed by atoms with Gasteiger partial charge in [-0.25, -0.2) is 4.98 Å². The third-order valence-electron chi connectivity index (χ3n) is 5.23. The molecule has 0 saturated heterocycles. The average Bonchev–Trinajstić information content (AvgIpc) is 3.45. The molecule has 0 spiro atoms. The van der Waals surface area contributed by atoms with Crippen molar-refractivity contribution in [2.24, 2.45) is 0 Å². The Hall–Kier alpha value is -3.21. The largest absolute Gasteiger partial charge is 0.378 e. The molecule has 5 aromatic rings. The second kappa shape index (κ2) is 10.6. The normalized spacial score (nSPS) is 11.0. The highest BCUT2D eigenvalue weighted by Crippen LogP contribution is 2.29. The summed E-state index contributed by atoms with van der Waals surface area (Å²) >= 11 is 6.26. The van der Waals surface area contributed by atoms with Crippen LogP contribution in [0.2, 0.25) is 0 Å². The molecule has 2 N–H and O–H groups in total. The molecule has 3 aromatic carbocycles. The number of thioether (sulfide) groups is 1. The van der Waals surface area contributed by atoms with Gasteiger partial charge in [0.15, 0.2) is 16.1 Å². The first-order valence-electron chi connectivity index (χ1n) is 10.8. The maximum atomic E-state index is 12.7. The zero-order chi connectivity index (χ0) is 24.2. The van der Waals surface area contributed by atoms with E-state index in [2.05, 4.69) is 54.7 Å². The van der Waals surface area contributed by atoms with Gasteiger partial charge in [-0.2, -0.15) is 0 Å². The van der Waals surface area contributed by atoms with Crippen molar-refractivity contribution in [2.75, 3.05) is 16.4 Å². The van der Waals surface area contributed by atoms with Gasteiger partial charge in [-0.3, -0.25) is 9.36 Å². The predicted octanol–water partition coefficient (Wildman–Crippen LogP) is 6.29. The summed E-state index contributed by atoms with van der Waals surface area (Å²) in [6.45, 7) is 2.56. The average molecular weight is 566 g/mol. The molecule has 5 rings (SSSR count). The van der Waals surface area contributed by atoms with Crippen LogP contribution in [0.15, 0.2) is 82.4 Å². The topological polar surface area (TPSA) is 84.7 Å². The van der Waals surface area contributed by atoms with Gasteiger partial charge in [0.2, 0.25) is 5.91 Å². The highest BCUT2D eigenvalue weighted by atomic mass is 79.9. The molecular formula is C25H21BrN6OS2. The van der Waals surface area contributed by atoms with E-state index in [0.29, 0.717) is 16.8 Å². The lowest BCUT2D eigenvalue weighted by molar-refractivity contribution is -0.113. The van der Waals surface area contributed by atoms with E-state index in [-0.39, 0.29) is 11.7 Å². The van der Waals surface area contributed by atoms with Crippen molar-refractivity contribution >= 4 is 66.0 Å². The van der Waals surface area contributed by atoms with Crippen LogP contribution in [-0.2, 0) is 11.3 Å². The summed E-state index contributed by atoms with van der Waals surface area (Å²) in [5.74, 6) is 0.810. The number of hydrogen-bond acceptors (Lipinski definition) is 7. The molecule has 35 heavy (non-hydrogen) atoms. The summed E-state index contributed by atoms with van der Waals surface area (Å²) in [6.07, 6.45) is 0. The first kappa shape index (κ1) is 23.5. The van der Waals surface area contributed by atoms with Gasteiger partial charge in [-0.05, 0) is 48.9 Å². The number of para-hydroxylation sites is 2. The number of thiazole rings is 1. The number of hydrogen-bond donors (Lipinski definition) is 2. The van der Waals surface area contributed by atoms with Gasteiger partial charge in [0.05, 0.1) is 22.5 Å². The molecule has 0 fully saturated rings. The first-order valence-corrected chi connectivity index (χ1v) is 13.4. The number of rotatable bonds is 8. The lowest BCUT2D eigenvalue weighted by atomic mass is 10.2. The predicted molar refractivity (Wildman–Crippen MR) is 147 cm³/mol. The number of carbonyl (C=O) groups is 1. The van der Waals surface area contributed by atoms with Crippen LogP contribution < -0.4 is 10.6 Å². The Bertz CT molecular complexity index is 1480. The Morgan fingerprint density at radius 2 is 1.86 bits per heavy atom. The van der Waals surface area contributed by atoms with Crippen LogP contribution in [0.5, 0.6) is 0 Å². The molecule has 7 nitrogen and oxygen atoms in total. The summed E-state index contributed by atoms with van der Waals surface area (Å²) in [4.78, 5) is 17.2. The van der Waals surface area contributed by atoms with Crippen LogP contribution >= 0.6 is 39.0 Å². The Morgan fingerprint density at radius 1 is 1.06 bits per heavy atom. The molecule has 10 heteroatoms. The lowest BCUT2D eigenvalue weighted by Gasteiger charge is -2.12. The minimum atomic E-state index is -0.143. The van der Waals surface area contributed by atoms with Crippen LogP contribution in [0.4, 0.5) is 10.8 Å². The minimum absolute atomic E-state index is 0.143. The number of carbonyl (C=O) groups excluding carboxylic acids is 1. The van der Waals surface area contributed by atoms with Crippen LogP contribution in [-0.4, -0.2) is 31.4 Å². The number of aromatic nitrogens is 4. The van der Waals surface area contributed by atoms with Crippen molar-refractivity contribution in [3.05, 3.63) is 88.7 Å². The molecule has 0 aliphatic rings. The van der Waals surface area contributed by atoms with E-state index in [1.807, 2.05) is 71.3 Å². The van der Waals surface area contributed by atoms with E-state index in [1.54, 1.807) is 0 Å². The van der Waals surface area contributed by atoms with Crippen molar-refractivity contribution in [3.8, 4) is 5.69 Å². The first-order chi connectivity index (χ1) is 17.1. The molecule has 0 aliphatic carbocycles. The number of benzene rings is 3. The van der Waals surface area contributed by atoms with E-state index < -0.39 is 0 Å². The van der Waals surface area contributed by atoms with Crippen molar-refractivity contribution in [2.45, 2.75) is 18.6 Å². The van der Waals surface area contributed by atoms with E-state index in [4.69, 9.17) is 0 Å². The molecule has 0 saturated carbocycles. The Morgan fingerprint density at radius 3 is 2.69 bits per heavy atom. The smallest absolute Gasteiger partial charge is 0.236 e. The van der Waals surface area contributed by atoms with E-state index in [1.165, 1.54) is 23.1 Å². The molecule has 0 aliphatic heterocycles. The fourth-order valence-electron chi connectivity index (χ4n) is 3.53. The molecular weight excluding hydrogens is 544 g/mol. The Balaban J connectivity index is 1.31. The second-order valence-corrected chi connectivity index (χ2v) is 10.6. The quantitative estimate of drug-likeness (QED) is 0.215. The fraction of sp³-hybridized carbons (Fsp3) is 0.120. The summed E-state index contributed by atoms with van der Waals surface area (Å²) in [5.41, 5.74) is 4.01. The van der Waals surface area contributed by atoms with E-state index in [0.717, 1.165) is 37.5 Å². The van der Waals surface area contributed by atoms with E-state index >= 15 is 0 Å². The molecule has 0 radical (unpaired) electrons. The molecule has 176 valence electrons. The standard InChI is InChI=1S/C25H21BrN6OS2/c1-16-7-5-6-10-19(16)27-14-22-30-31-25(32(22)18-8-3-2-4-9-18)34-15-23(33)29-24-28-20-12-11-17(26)13-21(20)35-24/h2-13,27H,14-15H2,1H3,(H,28,29,33). The number of anilines is 2. The van der Waals surface area contributed by atoms with Crippen molar-refractivity contribution in [3.63, 3.8) is 0 Å². The van der Waals surface area contributed by atoms with Crippen molar-refractivity contribution in [1.82, 2.24) is 19.7 Å². The number of aryl methyl sites for hydroxylation is 1. The molecule has 2 aromatic heterocycles. The number of halogens is 1. The third-order valence-corrected chi connectivity index (χ3v) is 7.58. The maximum Gasteiger partial charge on any atom is 0.236 e. The second-order valence-electron chi connectivity index (χ2n) is 7.71. The highest BCUT2D eigenvalue weighted by Gasteiger charge is 2.17. The SMILES string of the molecule is Cc1ccccc1NCc1nnc(SCC(=O)Nc2nc3ccc(Br)cc3s2)n1-c1ccccc1. The summed E-state index contributed by atoms with van der Waals surface area (Å²) in [6, 6.07) is 23.9. The van der Waals surface area contributed by atoms with Crippen LogP contribution in [0, 0.1) is 6.92 Å². The highest BCUT2D eigenvalue weighted by molar-refractivity contribution is 9.10. The molecule has 0 atom stereocenters. The summed E-state index contributed by atoms with van der Waals surface area (Å²) in [7, 11) is 0. The number of amides is 1. The number of fused-ring (bicyclic) bond motifs is 1. The third kappa shape index (κ3) is 5.55. The van der Waals surface area contributed by atoms with Crippen LogP contribution in [0.1, 0.15) is 11.4 Å². The summed E-state index contributed by atoms with van der Waals surface area (Å²) < 4.78 is 3.98. The summed E-state index contributed by atoms with van der Waals surface area (Å²) in [5, 5.41) is 16.4. The molecule has 1 amide bonds. The van der Waals surface area contributed by atoms with Crippen LogP contribution in [0.3, 0.4) is 0 Å². The number of nitrogens with one attached hydrogen (secondary N) is 2. The van der Waals surface area contributed by atoms with Gasteiger partial charge < -0.3 is 10.6 Å². The van der Waals surface area contributed by atoms with Crippen molar-refractivity contribution in [1.29, 1.82) is 0 Å². The van der Waals surface area contributed by atoms with Gasteiger partial charge in [-0.1, -0.05) is 75.4 Å². The lowest BCUT2D eigenvalue weighted by Crippen LogP contribution is -2.14. The van der Waals surface area contributed by atoms with Gasteiger partial charge in [0.1, 0.15) is 0 Å². The number of nitrogens with zero attached hydrogens (tertiary/aromatic N) is 4. The van der Waals surface area contributed by atoms with Gasteiger partial charge in [0, 0.05) is 15.8 Å². The molecule has 2 heterocycles. The zero-order valence-corrected chi connectivity index (χ0v) is 22.0. The van der Waals surface area contributed by atoms with Crippen molar-refractivity contribution < 1.29 is 4.79 Å². The molecule has 0 unspecified atom stereocenters. The van der Waals surface area contributed by atoms with Gasteiger partial charge in [-0.15, -0.1) is 10.2 Å². The van der Waals surface area contributed by atoms with Gasteiger partial charge in [0.25, 0.3) is 0 Å². The van der Waals surface area contributed by atoms with Gasteiger partial charge >= 0.3 is 0 Å². The Labute approximate surface area is 219 Å². The fourth-order valence-corrected chi connectivity index (χ4v) is 5.73. The molecule has 0 bridgehead atoms.